The molecule has 9 heteroatoms. The first-order valence-corrected chi connectivity index (χ1v) is 11.3. The van der Waals surface area contributed by atoms with E-state index in [2.05, 4.69) is 36.2 Å². The van der Waals surface area contributed by atoms with E-state index in [0.717, 1.165) is 59.2 Å². The lowest BCUT2D eigenvalue weighted by atomic mass is 10.1. The summed E-state index contributed by atoms with van der Waals surface area (Å²) in [7, 11) is 0. The number of hydrogen-bond donors (Lipinski definition) is 2. The first-order chi connectivity index (χ1) is 16.5. The Morgan fingerprint density at radius 3 is 2.74 bits per heavy atom. The van der Waals surface area contributed by atoms with E-state index in [1.807, 2.05) is 44.2 Å². The number of pyridine rings is 3. The molecule has 0 radical (unpaired) electrons. The summed E-state index contributed by atoms with van der Waals surface area (Å²) in [6.07, 6.45) is 6.14. The summed E-state index contributed by atoms with van der Waals surface area (Å²) >= 11 is 0. The first kappa shape index (κ1) is 20.3. The van der Waals surface area contributed by atoms with Crippen molar-refractivity contribution < 1.29 is 4.79 Å². The van der Waals surface area contributed by atoms with Gasteiger partial charge in [0.25, 0.3) is 0 Å². The van der Waals surface area contributed by atoms with Gasteiger partial charge in [0.2, 0.25) is 0 Å². The normalized spacial score (nSPS) is 16.5. The number of aromatic nitrogens is 5. The van der Waals surface area contributed by atoms with Gasteiger partial charge >= 0.3 is 6.03 Å². The van der Waals surface area contributed by atoms with E-state index in [9.17, 15) is 4.79 Å². The van der Waals surface area contributed by atoms with Gasteiger partial charge in [0.15, 0.2) is 5.82 Å². The molecule has 0 unspecified atom stereocenters. The SMILES string of the molecule is Cc1cc(-c2ccc3c(n2)N(C(=O)Nc2cc(-c4cnc(C)[nH]4)ccn2)[C@H]2CCN3C2)ccn1. The maximum absolute atomic E-state index is 13.6. The number of amides is 2. The number of H-pyrrole nitrogens is 1. The van der Waals surface area contributed by atoms with Crippen LogP contribution in [0, 0.1) is 13.8 Å². The Morgan fingerprint density at radius 1 is 1.06 bits per heavy atom. The molecule has 170 valence electrons. The van der Waals surface area contributed by atoms with E-state index in [-0.39, 0.29) is 12.1 Å². The lowest BCUT2D eigenvalue weighted by Crippen LogP contribution is -2.48. The smallest absolute Gasteiger partial charge is 0.329 e. The Kier molecular flexibility index (Phi) is 4.75. The van der Waals surface area contributed by atoms with Crippen LogP contribution >= 0.6 is 0 Å². The topological polar surface area (TPSA) is 103 Å². The molecule has 0 saturated carbocycles. The predicted octanol–water partition coefficient (Wildman–Crippen LogP) is 4.18. The van der Waals surface area contributed by atoms with Crippen molar-refractivity contribution in [2.75, 3.05) is 28.2 Å². The van der Waals surface area contributed by atoms with Crippen molar-refractivity contribution in [2.45, 2.75) is 26.3 Å². The molecule has 6 heterocycles. The maximum Gasteiger partial charge on any atom is 0.329 e. The Labute approximate surface area is 196 Å². The fourth-order valence-corrected chi connectivity index (χ4v) is 4.74. The largest absolute Gasteiger partial charge is 0.366 e. The van der Waals surface area contributed by atoms with Crippen LogP contribution in [0.1, 0.15) is 17.9 Å². The Hall–Kier alpha value is -4.27. The van der Waals surface area contributed by atoms with Crippen LogP contribution < -0.4 is 15.1 Å². The summed E-state index contributed by atoms with van der Waals surface area (Å²) in [5, 5.41) is 2.99. The van der Waals surface area contributed by atoms with Gasteiger partial charge in [-0.25, -0.2) is 19.7 Å². The molecule has 0 aromatic carbocycles. The molecular formula is C25H24N8O. The quantitative estimate of drug-likeness (QED) is 0.484. The molecule has 1 saturated heterocycles. The molecule has 2 aliphatic heterocycles. The van der Waals surface area contributed by atoms with Gasteiger partial charge in [0, 0.05) is 42.3 Å². The van der Waals surface area contributed by atoms with Crippen molar-refractivity contribution in [1.29, 1.82) is 0 Å². The van der Waals surface area contributed by atoms with Gasteiger partial charge in [-0.2, -0.15) is 0 Å². The van der Waals surface area contributed by atoms with Crippen LogP contribution in [0.3, 0.4) is 0 Å². The zero-order valence-corrected chi connectivity index (χ0v) is 19.0. The van der Waals surface area contributed by atoms with Crippen LogP contribution in [-0.2, 0) is 0 Å². The van der Waals surface area contributed by atoms with E-state index < -0.39 is 0 Å². The minimum atomic E-state index is -0.228. The minimum absolute atomic E-state index is 0.0628. The van der Waals surface area contributed by atoms with Gasteiger partial charge in [0.05, 0.1) is 29.3 Å². The third-order valence-electron chi connectivity index (χ3n) is 6.37. The average molecular weight is 453 g/mol. The average Bonchev–Trinajstić information content (AvgIpc) is 3.46. The number of nitrogens with zero attached hydrogens (tertiary/aromatic N) is 6. The van der Waals surface area contributed by atoms with Crippen molar-refractivity contribution >= 4 is 23.4 Å². The number of carbonyl (C=O) groups is 1. The highest BCUT2D eigenvalue weighted by Crippen LogP contribution is 2.40. The highest BCUT2D eigenvalue weighted by molar-refractivity contribution is 6.04. The Bertz CT molecular complexity index is 1400. The number of fused-ring (bicyclic) bond motifs is 4. The van der Waals surface area contributed by atoms with Crippen LogP contribution in [0.25, 0.3) is 22.5 Å². The molecule has 1 fully saturated rings. The van der Waals surface area contributed by atoms with Gasteiger partial charge in [0.1, 0.15) is 11.6 Å². The number of carbonyl (C=O) groups excluding carboxylic acids is 1. The third-order valence-corrected chi connectivity index (χ3v) is 6.37. The summed E-state index contributed by atoms with van der Waals surface area (Å²) in [5.41, 5.74) is 5.49. The number of aromatic amines is 1. The van der Waals surface area contributed by atoms with Gasteiger partial charge in [-0.1, -0.05) is 0 Å². The first-order valence-electron chi connectivity index (χ1n) is 11.3. The summed E-state index contributed by atoms with van der Waals surface area (Å²) in [6.45, 7) is 5.57. The third kappa shape index (κ3) is 3.55. The van der Waals surface area contributed by atoms with Gasteiger partial charge in [-0.05, 0) is 56.7 Å². The van der Waals surface area contributed by atoms with Crippen molar-refractivity contribution in [3.63, 3.8) is 0 Å². The molecule has 4 aromatic rings. The van der Waals surface area contributed by atoms with Gasteiger partial charge in [-0.3, -0.25) is 15.2 Å². The monoisotopic (exact) mass is 452 g/mol. The number of aryl methyl sites for hydroxylation is 2. The predicted molar refractivity (Wildman–Crippen MR) is 131 cm³/mol. The van der Waals surface area contributed by atoms with Crippen molar-refractivity contribution in [3.05, 3.63) is 66.5 Å². The zero-order valence-electron chi connectivity index (χ0n) is 19.0. The summed E-state index contributed by atoms with van der Waals surface area (Å²) < 4.78 is 0. The molecule has 6 rings (SSSR count). The van der Waals surface area contributed by atoms with Crippen molar-refractivity contribution in [3.8, 4) is 22.5 Å². The molecule has 4 aromatic heterocycles. The van der Waals surface area contributed by atoms with E-state index >= 15 is 0 Å². The van der Waals surface area contributed by atoms with Crippen molar-refractivity contribution in [2.24, 2.45) is 0 Å². The lowest BCUT2D eigenvalue weighted by Gasteiger charge is -2.35. The molecular weight excluding hydrogens is 428 g/mol. The molecule has 1 atom stereocenters. The summed E-state index contributed by atoms with van der Waals surface area (Å²) in [4.78, 5) is 38.7. The van der Waals surface area contributed by atoms with E-state index in [0.29, 0.717) is 11.6 Å². The lowest BCUT2D eigenvalue weighted by molar-refractivity contribution is 0.254. The highest BCUT2D eigenvalue weighted by Gasteiger charge is 2.40. The molecule has 2 bridgehead atoms. The van der Waals surface area contributed by atoms with Crippen LogP contribution in [0.2, 0.25) is 0 Å². The number of rotatable bonds is 3. The van der Waals surface area contributed by atoms with Crippen LogP contribution in [-0.4, -0.2) is 50.1 Å². The molecule has 0 aliphatic carbocycles. The second-order valence-corrected chi connectivity index (χ2v) is 8.73. The Balaban J connectivity index is 1.33. The number of hydrogen-bond acceptors (Lipinski definition) is 6. The fourth-order valence-electron chi connectivity index (χ4n) is 4.74. The number of nitrogens with one attached hydrogen (secondary N) is 2. The van der Waals surface area contributed by atoms with E-state index in [1.165, 1.54) is 0 Å². The molecule has 0 spiro atoms. The molecule has 2 aliphatic rings. The molecule has 2 amide bonds. The highest BCUT2D eigenvalue weighted by atomic mass is 16.2. The number of urea groups is 1. The fraction of sp³-hybridized carbons (Fsp3) is 0.240. The number of imidazole rings is 1. The van der Waals surface area contributed by atoms with Crippen LogP contribution in [0.4, 0.5) is 22.1 Å². The van der Waals surface area contributed by atoms with Crippen LogP contribution in [0.15, 0.2) is 55.0 Å². The second kappa shape index (κ2) is 7.95. The second-order valence-electron chi connectivity index (χ2n) is 8.73. The standard InChI is InChI=1S/C25H24N8O/c1-15-11-17(5-8-26-15)20-3-4-22-24(30-20)33(19-7-10-32(22)14-19)25(34)31-23-12-18(6-9-27-23)21-13-28-16(2)29-21/h3-6,8-9,11-13,19H,7,10,14H2,1-2H3,(H,28,29)(H,27,31,34)/t19-/m0/s1. The van der Waals surface area contributed by atoms with E-state index in [1.54, 1.807) is 23.5 Å². The molecule has 2 N–H and O–H groups in total. The van der Waals surface area contributed by atoms with Crippen LogP contribution in [0.5, 0.6) is 0 Å². The van der Waals surface area contributed by atoms with Gasteiger partial charge < -0.3 is 9.88 Å². The van der Waals surface area contributed by atoms with Crippen molar-refractivity contribution in [1.82, 2.24) is 24.9 Å². The van der Waals surface area contributed by atoms with E-state index in [4.69, 9.17) is 4.98 Å². The molecule has 9 nitrogen and oxygen atoms in total. The molecule has 34 heavy (non-hydrogen) atoms. The number of anilines is 3. The minimum Gasteiger partial charge on any atom is -0.366 e. The van der Waals surface area contributed by atoms with Gasteiger partial charge in [-0.15, -0.1) is 0 Å². The summed E-state index contributed by atoms with van der Waals surface area (Å²) in [6, 6.07) is 11.6. The zero-order chi connectivity index (χ0) is 23.2. The Morgan fingerprint density at radius 2 is 1.91 bits per heavy atom. The summed E-state index contributed by atoms with van der Waals surface area (Å²) in [5.74, 6) is 2.00. The maximum atomic E-state index is 13.6.